The van der Waals surface area contributed by atoms with E-state index in [0.717, 1.165) is 16.0 Å². The topological polar surface area (TPSA) is 9.23 Å². The van der Waals surface area contributed by atoms with Gasteiger partial charge in [0.2, 0.25) is 0 Å². The quantitative estimate of drug-likeness (QED) is 0.230. The number of para-hydroxylation sites is 2. The van der Waals surface area contributed by atoms with Crippen LogP contribution >= 0.6 is 23.9 Å². The molecule has 184 valence electrons. The number of aryl methyl sites for hydroxylation is 6. The zero-order valence-electron chi connectivity index (χ0n) is 22.5. The third-order valence-corrected chi connectivity index (χ3v) is 11.2. The minimum absolute atomic E-state index is 0.168. The zero-order chi connectivity index (χ0) is 25.9. The van der Waals surface area contributed by atoms with Gasteiger partial charge in [0.05, 0.1) is 4.47 Å². The number of ether oxygens (including phenoxy) is 1. The smallest absolute Gasteiger partial charge is 0.145 e. The molecule has 0 N–H and O–H groups in total. The molecule has 0 atom stereocenters. The van der Waals surface area contributed by atoms with Gasteiger partial charge in [-0.3, -0.25) is 0 Å². The van der Waals surface area contributed by atoms with Crippen molar-refractivity contribution >= 4 is 39.8 Å². The second-order valence-corrected chi connectivity index (χ2v) is 13.7. The maximum atomic E-state index is 6.88. The Hall–Kier alpha value is -2.41. The normalized spacial score (nSPS) is 13.8. The fourth-order valence-corrected chi connectivity index (χ4v) is 9.48. The highest BCUT2D eigenvalue weighted by Crippen LogP contribution is 2.52. The zero-order valence-corrected chi connectivity index (χ0v) is 25.0. The molecular weight excluding hydrogens is 523 g/mol. The molecule has 4 aromatic rings. The molecule has 1 heterocycles. The molecule has 0 unspecified atom stereocenters. The Morgan fingerprint density at radius 3 is 1.58 bits per heavy atom. The van der Waals surface area contributed by atoms with Crippen LogP contribution < -0.4 is 20.7 Å². The molecule has 1 nitrogen and oxygen atoms in total. The monoisotopic (exact) mass is 556 g/mol. The Bertz CT molecular complexity index is 1410. The summed E-state index contributed by atoms with van der Waals surface area (Å²) < 4.78 is 7.88. The molecule has 3 heteroatoms. The van der Waals surface area contributed by atoms with E-state index < -0.39 is 7.92 Å². The van der Waals surface area contributed by atoms with Gasteiger partial charge in [0, 0.05) is 21.8 Å². The number of halogens is 1. The van der Waals surface area contributed by atoms with Gasteiger partial charge >= 0.3 is 0 Å². The lowest BCUT2D eigenvalue weighted by Crippen LogP contribution is -2.32. The highest BCUT2D eigenvalue weighted by Gasteiger charge is 2.38. The molecule has 1 aliphatic rings. The van der Waals surface area contributed by atoms with Crippen LogP contribution in [-0.4, -0.2) is 0 Å². The van der Waals surface area contributed by atoms with Gasteiger partial charge < -0.3 is 4.74 Å². The van der Waals surface area contributed by atoms with Crippen molar-refractivity contribution in [2.45, 2.75) is 60.8 Å². The van der Waals surface area contributed by atoms with E-state index in [-0.39, 0.29) is 5.41 Å². The summed E-state index contributed by atoms with van der Waals surface area (Å²) in [7, 11) is -0.849. The lowest BCUT2D eigenvalue weighted by atomic mass is 9.76. The first-order valence-electron chi connectivity index (χ1n) is 12.6. The Labute approximate surface area is 225 Å². The van der Waals surface area contributed by atoms with E-state index in [0.29, 0.717) is 0 Å². The minimum atomic E-state index is -0.849. The van der Waals surface area contributed by atoms with Gasteiger partial charge in [-0.2, -0.15) is 0 Å². The summed E-state index contributed by atoms with van der Waals surface area (Å²) in [6.07, 6.45) is 0. The predicted molar refractivity (Wildman–Crippen MR) is 160 cm³/mol. The van der Waals surface area contributed by atoms with Crippen molar-refractivity contribution in [1.82, 2.24) is 0 Å². The Morgan fingerprint density at radius 1 is 0.639 bits per heavy atom. The molecule has 0 spiro atoms. The molecule has 0 bridgehead atoms. The number of hydrogen-bond acceptors (Lipinski definition) is 1. The third-order valence-electron chi connectivity index (χ3n) is 7.47. The molecule has 0 saturated carbocycles. The molecule has 0 saturated heterocycles. The second-order valence-electron chi connectivity index (χ2n) is 10.8. The fraction of sp³-hybridized carbons (Fsp3) is 0.273. The van der Waals surface area contributed by atoms with Gasteiger partial charge in [-0.05, 0) is 104 Å². The summed E-state index contributed by atoms with van der Waals surface area (Å²) >= 11 is 3.78. The summed E-state index contributed by atoms with van der Waals surface area (Å²) in [5.41, 5.74) is 10.3. The molecule has 0 aromatic heterocycles. The van der Waals surface area contributed by atoms with E-state index in [2.05, 4.69) is 132 Å². The first-order valence-corrected chi connectivity index (χ1v) is 14.7. The van der Waals surface area contributed by atoms with E-state index in [1.165, 1.54) is 60.4 Å². The van der Waals surface area contributed by atoms with Gasteiger partial charge in [-0.25, -0.2) is 0 Å². The molecule has 4 aromatic carbocycles. The van der Waals surface area contributed by atoms with Crippen molar-refractivity contribution in [1.29, 1.82) is 0 Å². The van der Waals surface area contributed by atoms with Gasteiger partial charge in [0.25, 0.3) is 0 Å². The standard InChI is InChI=1S/C33H34BrOP/c1-19-15-21(3)31(22(4)16-19)36(32-23(5)17-20(2)18-24(32)6)28-14-10-12-26-30(28)35-29-25(33(26,7)8)11-9-13-27(29)34/h9-18H,1-8H3. The minimum Gasteiger partial charge on any atom is -0.455 e. The average Bonchev–Trinajstić information content (AvgIpc) is 2.77. The van der Waals surface area contributed by atoms with Crippen molar-refractivity contribution in [3.05, 3.63) is 110 Å². The van der Waals surface area contributed by atoms with Gasteiger partial charge in [0.15, 0.2) is 0 Å². The van der Waals surface area contributed by atoms with Crippen LogP contribution in [0.1, 0.15) is 58.4 Å². The van der Waals surface area contributed by atoms with E-state index in [1.807, 2.05) is 0 Å². The second kappa shape index (κ2) is 9.16. The SMILES string of the molecule is Cc1cc(C)c(P(c2cccc3c2Oc2c(Br)cccc2C3(C)C)c2c(C)cc(C)cc2C)c(C)c1. The van der Waals surface area contributed by atoms with Crippen LogP contribution in [0.2, 0.25) is 0 Å². The number of fused-ring (bicyclic) bond motifs is 2. The van der Waals surface area contributed by atoms with Crippen LogP contribution in [0.5, 0.6) is 11.5 Å². The van der Waals surface area contributed by atoms with Crippen LogP contribution in [0.4, 0.5) is 0 Å². The number of benzene rings is 4. The largest absolute Gasteiger partial charge is 0.455 e. The average molecular weight is 558 g/mol. The first kappa shape index (κ1) is 25.2. The molecule has 1 aliphatic heterocycles. The highest BCUT2D eigenvalue weighted by molar-refractivity contribution is 9.10. The van der Waals surface area contributed by atoms with Crippen LogP contribution in [0.15, 0.2) is 65.1 Å². The van der Waals surface area contributed by atoms with E-state index in [4.69, 9.17) is 4.74 Å². The number of rotatable bonds is 3. The molecular formula is C33H34BrOP. The molecule has 36 heavy (non-hydrogen) atoms. The summed E-state index contributed by atoms with van der Waals surface area (Å²) in [5.74, 6) is 1.96. The van der Waals surface area contributed by atoms with Crippen molar-refractivity contribution < 1.29 is 4.74 Å². The van der Waals surface area contributed by atoms with Gasteiger partial charge in [-0.15, -0.1) is 0 Å². The lowest BCUT2D eigenvalue weighted by molar-refractivity contribution is 0.419. The maximum Gasteiger partial charge on any atom is 0.145 e. The first-order chi connectivity index (χ1) is 17.0. The van der Waals surface area contributed by atoms with Gasteiger partial charge in [0.1, 0.15) is 11.5 Å². The van der Waals surface area contributed by atoms with Crippen LogP contribution in [-0.2, 0) is 5.41 Å². The van der Waals surface area contributed by atoms with Crippen molar-refractivity contribution in [3.63, 3.8) is 0 Å². The summed E-state index contributed by atoms with van der Waals surface area (Å²) in [6.45, 7) is 18.1. The summed E-state index contributed by atoms with van der Waals surface area (Å²) in [6, 6.07) is 22.5. The van der Waals surface area contributed by atoms with E-state index in [1.54, 1.807) is 0 Å². The Morgan fingerprint density at radius 2 is 1.08 bits per heavy atom. The molecule has 0 aliphatic carbocycles. The molecule has 0 radical (unpaired) electrons. The number of hydrogen-bond donors (Lipinski definition) is 0. The maximum absolute atomic E-state index is 6.88. The van der Waals surface area contributed by atoms with Crippen molar-refractivity contribution in [3.8, 4) is 11.5 Å². The molecule has 0 fully saturated rings. The molecule has 5 rings (SSSR count). The van der Waals surface area contributed by atoms with Crippen LogP contribution in [0.25, 0.3) is 0 Å². The van der Waals surface area contributed by atoms with Crippen LogP contribution in [0, 0.1) is 41.5 Å². The lowest BCUT2D eigenvalue weighted by Gasteiger charge is -2.37. The summed E-state index contributed by atoms with van der Waals surface area (Å²) in [5, 5.41) is 4.18. The van der Waals surface area contributed by atoms with Gasteiger partial charge in [-0.1, -0.05) is 79.6 Å². The Kier molecular flexibility index (Phi) is 6.42. The van der Waals surface area contributed by atoms with Crippen LogP contribution in [0.3, 0.4) is 0 Å². The highest BCUT2D eigenvalue weighted by atomic mass is 79.9. The van der Waals surface area contributed by atoms with E-state index >= 15 is 0 Å². The Balaban J connectivity index is 1.86. The van der Waals surface area contributed by atoms with Crippen molar-refractivity contribution in [2.75, 3.05) is 0 Å². The predicted octanol–water partition coefficient (Wildman–Crippen LogP) is 8.49. The summed E-state index contributed by atoms with van der Waals surface area (Å²) in [4.78, 5) is 0. The van der Waals surface area contributed by atoms with E-state index in [9.17, 15) is 0 Å². The fourth-order valence-electron chi connectivity index (χ4n) is 6.06. The van der Waals surface area contributed by atoms with Crippen molar-refractivity contribution in [2.24, 2.45) is 0 Å². The third kappa shape index (κ3) is 4.04. The molecule has 0 amide bonds.